The highest BCUT2D eigenvalue weighted by Crippen LogP contribution is 2.71. The summed E-state index contributed by atoms with van der Waals surface area (Å²) in [6.07, 6.45) is 5.30. The zero-order valence-corrected chi connectivity index (χ0v) is 11.3. The van der Waals surface area contributed by atoms with Crippen molar-refractivity contribution in [1.82, 2.24) is 0 Å². The van der Waals surface area contributed by atoms with E-state index in [-0.39, 0.29) is 0 Å². The maximum Gasteiger partial charge on any atom is 0.0175 e. The Labute approximate surface area is 106 Å². The molecule has 3 rings (SSSR count). The summed E-state index contributed by atoms with van der Waals surface area (Å²) in [4.78, 5) is 0. The molecule has 1 aromatic rings. The fourth-order valence-electron chi connectivity index (χ4n) is 3.47. The number of hydrogen-bond donors (Lipinski definition) is 1. The van der Waals surface area contributed by atoms with Crippen molar-refractivity contribution in [2.24, 2.45) is 11.1 Å². The maximum absolute atomic E-state index is 6.22. The Bertz CT molecular complexity index is 399. The molecule has 2 fully saturated rings. The number of rotatable bonds is 3. The van der Waals surface area contributed by atoms with E-state index in [1.807, 2.05) is 0 Å². The average Bonchev–Trinajstić information content (AvgIpc) is 3.12. The predicted molar refractivity (Wildman–Crippen MR) is 70.4 cm³/mol. The highest BCUT2D eigenvalue weighted by Gasteiger charge is 2.67. The molecular weight excluding hydrogens is 262 g/mol. The van der Waals surface area contributed by atoms with Crippen LogP contribution >= 0.6 is 15.9 Å². The first kappa shape index (κ1) is 10.8. The minimum Gasteiger partial charge on any atom is -0.327 e. The molecule has 1 unspecified atom stereocenters. The van der Waals surface area contributed by atoms with Gasteiger partial charge >= 0.3 is 0 Å². The Hall–Kier alpha value is -0.340. The first-order valence-electron chi connectivity index (χ1n) is 6.12. The molecule has 1 atom stereocenters. The first-order valence-corrected chi connectivity index (χ1v) is 6.92. The molecule has 0 saturated heterocycles. The summed E-state index contributed by atoms with van der Waals surface area (Å²) in [6.45, 7) is 2.19. The molecule has 2 heteroatoms. The number of nitrogens with two attached hydrogens (primary N) is 1. The SMILES string of the molecule is CC(N)C1(C2(c3ccc(Br)cc3)CC2)CC1. The number of halogens is 1. The minimum atomic E-state index is 0.332. The second-order valence-corrected chi connectivity index (χ2v) is 6.45. The Morgan fingerprint density at radius 2 is 1.69 bits per heavy atom. The molecule has 1 aromatic carbocycles. The van der Waals surface area contributed by atoms with Crippen LogP contribution in [0.5, 0.6) is 0 Å². The molecular formula is C14H18BrN. The van der Waals surface area contributed by atoms with Crippen molar-refractivity contribution in [3.05, 3.63) is 34.3 Å². The molecule has 0 aromatic heterocycles. The third-order valence-corrected chi connectivity index (χ3v) is 5.29. The molecule has 0 aliphatic heterocycles. The number of hydrogen-bond acceptors (Lipinski definition) is 1. The van der Waals surface area contributed by atoms with E-state index >= 15 is 0 Å². The summed E-state index contributed by atoms with van der Waals surface area (Å²) in [5.74, 6) is 0. The van der Waals surface area contributed by atoms with Gasteiger partial charge in [0.1, 0.15) is 0 Å². The lowest BCUT2D eigenvalue weighted by Crippen LogP contribution is -2.37. The molecule has 0 heterocycles. The van der Waals surface area contributed by atoms with Gasteiger partial charge in [-0.2, -0.15) is 0 Å². The molecule has 2 N–H and O–H groups in total. The molecule has 0 radical (unpaired) electrons. The molecule has 0 amide bonds. The smallest absolute Gasteiger partial charge is 0.0175 e. The third-order valence-electron chi connectivity index (χ3n) is 4.76. The Morgan fingerprint density at radius 3 is 2.06 bits per heavy atom. The highest BCUT2D eigenvalue weighted by atomic mass is 79.9. The van der Waals surface area contributed by atoms with Crippen molar-refractivity contribution < 1.29 is 0 Å². The van der Waals surface area contributed by atoms with Gasteiger partial charge in [0.2, 0.25) is 0 Å². The monoisotopic (exact) mass is 279 g/mol. The van der Waals surface area contributed by atoms with Crippen LogP contribution in [0.2, 0.25) is 0 Å². The van der Waals surface area contributed by atoms with Crippen molar-refractivity contribution in [2.45, 2.75) is 44.1 Å². The van der Waals surface area contributed by atoms with Crippen molar-refractivity contribution >= 4 is 15.9 Å². The Balaban J connectivity index is 1.97. The molecule has 0 bridgehead atoms. The number of benzene rings is 1. The van der Waals surface area contributed by atoms with E-state index in [2.05, 4.69) is 47.1 Å². The molecule has 2 aliphatic rings. The van der Waals surface area contributed by atoms with Crippen molar-refractivity contribution in [3.63, 3.8) is 0 Å². The van der Waals surface area contributed by atoms with Crippen LogP contribution in [0.1, 0.15) is 38.2 Å². The zero-order chi connectivity index (χ0) is 11.4. The lowest BCUT2D eigenvalue weighted by molar-refractivity contribution is 0.319. The van der Waals surface area contributed by atoms with Crippen LogP contribution in [0.25, 0.3) is 0 Å². The predicted octanol–water partition coefficient (Wildman–Crippen LogP) is 3.61. The molecule has 2 aliphatic carbocycles. The first-order chi connectivity index (χ1) is 7.61. The van der Waals surface area contributed by atoms with Gasteiger partial charge in [0.05, 0.1) is 0 Å². The van der Waals surface area contributed by atoms with Crippen LogP contribution in [-0.2, 0) is 5.41 Å². The van der Waals surface area contributed by atoms with E-state index in [1.54, 1.807) is 0 Å². The van der Waals surface area contributed by atoms with Crippen molar-refractivity contribution in [1.29, 1.82) is 0 Å². The summed E-state index contributed by atoms with van der Waals surface area (Å²) in [6, 6.07) is 9.21. The highest BCUT2D eigenvalue weighted by molar-refractivity contribution is 9.10. The van der Waals surface area contributed by atoms with Gasteiger partial charge in [-0.15, -0.1) is 0 Å². The quantitative estimate of drug-likeness (QED) is 0.899. The van der Waals surface area contributed by atoms with Gasteiger partial charge in [-0.25, -0.2) is 0 Å². The van der Waals surface area contributed by atoms with Gasteiger partial charge in [-0.1, -0.05) is 28.1 Å². The van der Waals surface area contributed by atoms with Gasteiger partial charge in [0.15, 0.2) is 0 Å². The van der Waals surface area contributed by atoms with Crippen LogP contribution in [0.4, 0.5) is 0 Å². The maximum atomic E-state index is 6.22. The summed E-state index contributed by atoms with van der Waals surface area (Å²) in [7, 11) is 0. The molecule has 86 valence electrons. The normalized spacial score (nSPS) is 26.2. The van der Waals surface area contributed by atoms with Crippen LogP contribution in [0.15, 0.2) is 28.7 Å². The van der Waals surface area contributed by atoms with Crippen LogP contribution in [0.3, 0.4) is 0 Å². The molecule has 2 saturated carbocycles. The van der Waals surface area contributed by atoms with Gasteiger partial charge in [0.25, 0.3) is 0 Å². The van der Waals surface area contributed by atoms with E-state index in [0.29, 0.717) is 16.9 Å². The standard InChI is InChI=1S/C14H18BrN/c1-10(16)13(6-7-13)14(8-9-14)11-2-4-12(15)5-3-11/h2-5,10H,6-9,16H2,1H3. The van der Waals surface area contributed by atoms with E-state index in [9.17, 15) is 0 Å². The topological polar surface area (TPSA) is 26.0 Å². The summed E-state index contributed by atoms with van der Waals surface area (Å²) < 4.78 is 1.16. The molecule has 0 spiro atoms. The van der Waals surface area contributed by atoms with E-state index in [4.69, 9.17) is 5.73 Å². The van der Waals surface area contributed by atoms with Crippen molar-refractivity contribution in [2.75, 3.05) is 0 Å². The van der Waals surface area contributed by atoms with E-state index in [0.717, 1.165) is 4.47 Å². The fourth-order valence-corrected chi connectivity index (χ4v) is 3.74. The molecule has 16 heavy (non-hydrogen) atoms. The summed E-state index contributed by atoms with van der Waals surface area (Å²) in [5, 5.41) is 0. The lowest BCUT2D eigenvalue weighted by Gasteiger charge is -2.31. The second kappa shape index (κ2) is 3.33. The van der Waals surface area contributed by atoms with Gasteiger partial charge < -0.3 is 5.73 Å². The van der Waals surface area contributed by atoms with Crippen LogP contribution in [-0.4, -0.2) is 6.04 Å². The van der Waals surface area contributed by atoms with Crippen LogP contribution < -0.4 is 5.73 Å². The average molecular weight is 280 g/mol. The molecule has 1 nitrogen and oxygen atoms in total. The fraction of sp³-hybridized carbons (Fsp3) is 0.571. The van der Waals surface area contributed by atoms with E-state index < -0.39 is 0 Å². The zero-order valence-electron chi connectivity index (χ0n) is 9.67. The Morgan fingerprint density at radius 1 is 1.12 bits per heavy atom. The van der Waals surface area contributed by atoms with Crippen molar-refractivity contribution in [3.8, 4) is 0 Å². The summed E-state index contributed by atoms with van der Waals surface area (Å²) >= 11 is 3.50. The van der Waals surface area contributed by atoms with Crippen LogP contribution in [0, 0.1) is 5.41 Å². The Kier molecular flexibility index (Phi) is 2.25. The van der Waals surface area contributed by atoms with Gasteiger partial charge in [0, 0.05) is 15.9 Å². The van der Waals surface area contributed by atoms with Gasteiger partial charge in [-0.3, -0.25) is 0 Å². The lowest BCUT2D eigenvalue weighted by atomic mass is 9.76. The van der Waals surface area contributed by atoms with Gasteiger partial charge in [-0.05, 0) is 55.7 Å². The minimum absolute atomic E-state index is 0.332. The second-order valence-electron chi connectivity index (χ2n) is 5.53. The third kappa shape index (κ3) is 1.32. The largest absolute Gasteiger partial charge is 0.327 e. The summed E-state index contributed by atoms with van der Waals surface area (Å²) in [5.41, 5.74) is 8.56. The van der Waals surface area contributed by atoms with E-state index in [1.165, 1.54) is 31.2 Å².